The van der Waals surface area contributed by atoms with Crippen molar-refractivity contribution < 1.29 is 19.1 Å². The second-order valence-corrected chi connectivity index (χ2v) is 9.87. The fourth-order valence-electron chi connectivity index (χ4n) is 3.54. The molecule has 0 saturated heterocycles. The number of thiol groups is 1. The fraction of sp³-hybridized carbons (Fsp3) is 0.640. The Hall–Kier alpha value is -2.22. The van der Waals surface area contributed by atoms with Gasteiger partial charge in [0, 0.05) is 18.3 Å². The van der Waals surface area contributed by atoms with Gasteiger partial charge in [0.1, 0.15) is 17.7 Å². The van der Waals surface area contributed by atoms with Crippen molar-refractivity contribution in [3.05, 3.63) is 35.4 Å². The molecular weight excluding hydrogens is 438 g/mol. The summed E-state index contributed by atoms with van der Waals surface area (Å²) in [5.41, 5.74) is 1.23. The molecule has 33 heavy (non-hydrogen) atoms. The van der Waals surface area contributed by atoms with E-state index in [0.717, 1.165) is 43.2 Å². The van der Waals surface area contributed by atoms with Gasteiger partial charge in [-0.3, -0.25) is 9.59 Å². The van der Waals surface area contributed by atoms with Crippen LogP contribution in [0.25, 0.3) is 0 Å². The molecule has 184 valence electrons. The van der Waals surface area contributed by atoms with Crippen molar-refractivity contribution >= 4 is 30.5 Å². The summed E-state index contributed by atoms with van der Waals surface area (Å²) in [6.07, 6.45) is 3.68. The summed E-state index contributed by atoms with van der Waals surface area (Å²) in [5.74, 6) is -0.433. The second-order valence-electron chi connectivity index (χ2n) is 9.50. The van der Waals surface area contributed by atoms with Gasteiger partial charge < -0.3 is 20.3 Å². The lowest BCUT2D eigenvalue weighted by Crippen LogP contribution is -2.54. The molecular formula is C25H39N3O4S. The summed E-state index contributed by atoms with van der Waals surface area (Å²) >= 11 is 4.31. The minimum absolute atomic E-state index is 0.0481. The Labute approximate surface area is 203 Å². The summed E-state index contributed by atoms with van der Waals surface area (Å²) < 4.78 is 5.33. The van der Waals surface area contributed by atoms with Gasteiger partial charge >= 0.3 is 6.09 Å². The molecule has 0 bridgehead atoms. The third kappa shape index (κ3) is 8.25. The fourth-order valence-corrected chi connectivity index (χ4v) is 3.79. The van der Waals surface area contributed by atoms with Crippen molar-refractivity contribution in [1.29, 1.82) is 0 Å². The largest absolute Gasteiger partial charge is 0.444 e. The number of nitrogens with one attached hydrogen (secondary N) is 2. The zero-order chi connectivity index (χ0) is 24.6. The molecule has 1 fully saturated rings. The van der Waals surface area contributed by atoms with Crippen molar-refractivity contribution in [2.45, 2.75) is 90.4 Å². The third-order valence-corrected chi connectivity index (χ3v) is 5.79. The molecule has 1 aromatic rings. The normalized spacial score (nSPS) is 15.3. The lowest BCUT2D eigenvalue weighted by atomic mass is 10.0. The van der Waals surface area contributed by atoms with Crippen LogP contribution < -0.4 is 10.6 Å². The molecule has 8 heteroatoms. The molecule has 0 heterocycles. The van der Waals surface area contributed by atoms with E-state index in [1.165, 1.54) is 0 Å². The summed E-state index contributed by atoms with van der Waals surface area (Å²) in [7, 11) is 0. The zero-order valence-corrected chi connectivity index (χ0v) is 21.4. The minimum Gasteiger partial charge on any atom is -0.444 e. The van der Waals surface area contributed by atoms with Crippen LogP contribution >= 0.6 is 12.6 Å². The van der Waals surface area contributed by atoms with Gasteiger partial charge in [-0.15, -0.1) is 0 Å². The quantitative estimate of drug-likeness (QED) is 0.332. The van der Waals surface area contributed by atoms with Crippen molar-refractivity contribution in [2.75, 3.05) is 12.3 Å². The molecule has 3 amide bonds. The first-order valence-electron chi connectivity index (χ1n) is 11.9. The Bertz CT molecular complexity index is 803. The van der Waals surface area contributed by atoms with Crippen LogP contribution in [0.3, 0.4) is 0 Å². The lowest BCUT2D eigenvalue weighted by molar-refractivity contribution is -0.142. The van der Waals surface area contributed by atoms with Crippen LogP contribution in [0, 0.1) is 0 Å². The molecule has 1 aromatic carbocycles. The Kier molecular flexibility index (Phi) is 10.1. The van der Waals surface area contributed by atoms with Crippen LogP contribution in [0.4, 0.5) is 4.79 Å². The number of rotatable bonds is 11. The predicted octanol–water partition coefficient (Wildman–Crippen LogP) is 4.02. The Morgan fingerprint density at radius 2 is 1.79 bits per heavy atom. The van der Waals surface area contributed by atoms with Crippen molar-refractivity contribution in [3.8, 4) is 0 Å². The molecule has 1 saturated carbocycles. The maximum absolute atomic E-state index is 13.7. The monoisotopic (exact) mass is 477 g/mol. The van der Waals surface area contributed by atoms with Gasteiger partial charge in [-0.25, -0.2) is 4.79 Å². The van der Waals surface area contributed by atoms with Crippen LogP contribution in [0.1, 0.15) is 77.5 Å². The Balaban J connectivity index is 2.33. The highest BCUT2D eigenvalue weighted by Gasteiger charge is 2.43. The Morgan fingerprint density at radius 1 is 1.15 bits per heavy atom. The summed E-state index contributed by atoms with van der Waals surface area (Å²) in [5, 5.41) is 5.64. The van der Waals surface area contributed by atoms with E-state index in [4.69, 9.17) is 4.74 Å². The smallest absolute Gasteiger partial charge is 0.408 e. The number of benzene rings is 1. The first-order chi connectivity index (χ1) is 15.6. The Morgan fingerprint density at radius 3 is 2.27 bits per heavy atom. The standard InChI is InChI=1S/C25H39N3O4S/c1-6-8-15-26-22(29)21(18-11-9-17(7-2)10-12-18)28(19-13-14-19)23(30)20(16-33)27-24(31)32-25(3,4)5/h9-12,19-21,33H,6-8,13-16H2,1-5H3,(H,26,29)(H,27,31). The molecule has 0 aliphatic heterocycles. The van der Waals surface area contributed by atoms with E-state index >= 15 is 0 Å². The molecule has 2 atom stereocenters. The number of aryl methyl sites for hydroxylation is 1. The van der Waals surface area contributed by atoms with Gasteiger partial charge in [0.25, 0.3) is 0 Å². The number of hydrogen-bond acceptors (Lipinski definition) is 5. The van der Waals surface area contributed by atoms with Crippen LogP contribution in [0.15, 0.2) is 24.3 Å². The van der Waals surface area contributed by atoms with E-state index in [9.17, 15) is 14.4 Å². The molecule has 2 N–H and O–H groups in total. The number of ether oxygens (including phenoxy) is 1. The second kappa shape index (κ2) is 12.3. The van der Waals surface area contributed by atoms with Gasteiger partial charge in [-0.05, 0) is 57.6 Å². The highest BCUT2D eigenvalue weighted by atomic mass is 32.1. The van der Waals surface area contributed by atoms with Crippen LogP contribution in [-0.2, 0) is 20.7 Å². The van der Waals surface area contributed by atoms with E-state index < -0.39 is 23.8 Å². The molecule has 2 unspecified atom stereocenters. The van der Waals surface area contributed by atoms with Gasteiger partial charge in [-0.1, -0.05) is 44.5 Å². The topological polar surface area (TPSA) is 87.7 Å². The van der Waals surface area contributed by atoms with Gasteiger partial charge in [-0.2, -0.15) is 12.6 Å². The lowest BCUT2D eigenvalue weighted by Gasteiger charge is -2.34. The molecule has 0 radical (unpaired) electrons. The SMILES string of the molecule is CCCCNC(=O)C(c1ccc(CC)cc1)N(C(=O)C(CS)NC(=O)OC(C)(C)C)C1CC1. The summed E-state index contributed by atoms with van der Waals surface area (Å²) in [6, 6.07) is 6.11. The number of unbranched alkanes of at least 4 members (excludes halogenated alkanes) is 1. The molecule has 1 aliphatic carbocycles. The number of alkyl carbamates (subject to hydrolysis) is 1. The van der Waals surface area contributed by atoms with E-state index in [1.54, 1.807) is 25.7 Å². The molecule has 1 aliphatic rings. The van der Waals surface area contributed by atoms with Gasteiger partial charge in [0.05, 0.1) is 0 Å². The average Bonchev–Trinajstić information content (AvgIpc) is 3.59. The number of hydrogen-bond donors (Lipinski definition) is 3. The number of carbonyl (C=O) groups is 3. The van der Waals surface area contributed by atoms with Crippen LogP contribution in [-0.4, -0.2) is 52.8 Å². The molecule has 7 nitrogen and oxygen atoms in total. The molecule has 2 rings (SSSR count). The van der Waals surface area contributed by atoms with Crippen molar-refractivity contribution in [2.24, 2.45) is 0 Å². The van der Waals surface area contributed by atoms with Gasteiger partial charge in [0.2, 0.25) is 11.8 Å². The van der Waals surface area contributed by atoms with Gasteiger partial charge in [0.15, 0.2) is 0 Å². The third-order valence-electron chi connectivity index (χ3n) is 5.43. The average molecular weight is 478 g/mol. The number of amides is 3. The highest BCUT2D eigenvalue weighted by Crippen LogP contribution is 2.35. The first-order valence-corrected chi connectivity index (χ1v) is 12.5. The molecule has 0 aromatic heterocycles. The highest BCUT2D eigenvalue weighted by molar-refractivity contribution is 7.80. The van der Waals surface area contributed by atoms with E-state index in [-0.39, 0.29) is 23.6 Å². The van der Waals surface area contributed by atoms with E-state index in [0.29, 0.717) is 6.54 Å². The summed E-state index contributed by atoms with van der Waals surface area (Å²) in [4.78, 5) is 41.0. The zero-order valence-electron chi connectivity index (χ0n) is 20.5. The van der Waals surface area contributed by atoms with Crippen molar-refractivity contribution in [3.63, 3.8) is 0 Å². The van der Waals surface area contributed by atoms with Crippen LogP contribution in [0.2, 0.25) is 0 Å². The van der Waals surface area contributed by atoms with E-state index in [1.807, 2.05) is 24.3 Å². The minimum atomic E-state index is -0.898. The number of carbonyl (C=O) groups excluding carboxylic acids is 3. The number of nitrogens with zero attached hydrogens (tertiary/aromatic N) is 1. The van der Waals surface area contributed by atoms with Crippen molar-refractivity contribution in [1.82, 2.24) is 15.5 Å². The maximum Gasteiger partial charge on any atom is 0.408 e. The molecule has 0 spiro atoms. The first kappa shape index (κ1) is 27.0. The summed E-state index contributed by atoms with van der Waals surface area (Å²) in [6.45, 7) is 9.97. The predicted molar refractivity (Wildman–Crippen MR) is 133 cm³/mol. The van der Waals surface area contributed by atoms with E-state index in [2.05, 4.69) is 37.1 Å². The van der Waals surface area contributed by atoms with Crippen LogP contribution in [0.5, 0.6) is 0 Å². The maximum atomic E-state index is 13.7.